The number of aromatic nitrogens is 3. The van der Waals surface area contributed by atoms with Crippen LogP contribution in [-0.2, 0) is 16.0 Å². The molecule has 1 N–H and O–H groups in total. The van der Waals surface area contributed by atoms with Crippen molar-refractivity contribution in [3.05, 3.63) is 36.2 Å². The highest BCUT2D eigenvalue weighted by atomic mass is 16.7. The summed E-state index contributed by atoms with van der Waals surface area (Å²) in [6, 6.07) is 7.94. The summed E-state index contributed by atoms with van der Waals surface area (Å²) in [5.74, 6) is -0.290. The van der Waals surface area contributed by atoms with Crippen molar-refractivity contribution in [3.8, 4) is 0 Å². The van der Waals surface area contributed by atoms with E-state index in [9.17, 15) is 4.79 Å². The molecule has 8 nitrogen and oxygen atoms in total. The number of anilines is 2. The zero-order valence-corrected chi connectivity index (χ0v) is 16.6. The third-order valence-electron chi connectivity index (χ3n) is 4.66. The lowest BCUT2D eigenvalue weighted by molar-refractivity contribution is -0.145. The van der Waals surface area contributed by atoms with Gasteiger partial charge in [0.05, 0.1) is 12.7 Å². The van der Waals surface area contributed by atoms with E-state index in [1.54, 1.807) is 10.9 Å². The third-order valence-corrected chi connectivity index (χ3v) is 4.66. The molecule has 1 fully saturated rings. The van der Waals surface area contributed by atoms with E-state index < -0.39 is 6.29 Å². The molecule has 2 aromatic rings. The van der Waals surface area contributed by atoms with Crippen molar-refractivity contribution in [2.45, 2.75) is 45.9 Å². The minimum atomic E-state index is -0.407. The Labute approximate surface area is 165 Å². The molecule has 0 radical (unpaired) electrons. The summed E-state index contributed by atoms with van der Waals surface area (Å²) in [7, 11) is 0. The van der Waals surface area contributed by atoms with Gasteiger partial charge in [0.2, 0.25) is 0 Å². The zero-order valence-electron chi connectivity index (χ0n) is 16.6. The van der Waals surface area contributed by atoms with Gasteiger partial charge in [0.25, 0.3) is 5.91 Å². The number of ether oxygens (including phenoxy) is 2. The van der Waals surface area contributed by atoms with E-state index in [4.69, 9.17) is 9.47 Å². The second kappa shape index (κ2) is 10.2. The molecule has 1 aromatic heterocycles. The Kier molecular flexibility index (Phi) is 7.39. The molecule has 2 heterocycles. The lowest BCUT2D eigenvalue weighted by Crippen LogP contribution is -2.29. The summed E-state index contributed by atoms with van der Waals surface area (Å²) in [5.41, 5.74) is 2.19. The maximum atomic E-state index is 12.5. The minimum Gasteiger partial charge on any atom is -0.372 e. The summed E-state index contributed by atoms with van der Waals surface area (Å²) < 4.78 is 12.6. The first kappa shape index (κ1) is 20.3. The van der Waals surface area contributed by atoms with Crippen molar-refractivity contribution < 1.29 is 14.3 Å². The molecule has 0 saturated carbocycles. The van der Waals surface area contributed by atoms with Gasteiger partial charge in [-0.15, -0.1) is 5.10 Å². The number of benzene rings is 1. The van der Waals surface area contributed by atoms with E-state index in [0.717, 1.165) is 18.8 Å². The van der Waals surface area contributed by atoms with Crippen LogP contribution in [0.1, 0.15) is 43.6 Å². The topological polar surface area (TPSA) is 81.5 Å². The summed E-state index contributed by atoms with van der Waals surface area (Å²) >= 11 is 0. The predicted octanol–water partition coefficient (Wildman–Crippen LogP) is 2.92. The highest BCUT2D eigenvalue weighted by Gasteiger charge is 2.15. The molecule has 28 heavy (non-hydrogen) atoms. The Morgan fingerprint density at radius 2 is 1.79 bits per heavy atom. The van der Waals surface area contributed by atoms with Crippen LogP contribution >= 0.6 is 0 Å². The predicted molar refractivity (Wildman–Crippen MR) is 108 cm³/mol. The summed E-state index contributed by atoms with van der Waals surface area (Å²) in [5, 5.41) is 10.8. The van der Waals surface area contributed by atoms with E-state index in [1.807, 2.05) is 38.1 Å². The number of nitrogens with one attached hydrogen (secondary N) is 1. The van der Waals surface area contributed by atoms with Gasteiger partial charge in [0, 0.05) is 37.7 Å². The average molecular weight is 387 g/mol. The largest absolute Gasteiger partial charge is 0.372 e. The first-order valence-corrected chi connectivity index (χ1v) is 9.99. The second-order valence-electron chi connectivity index (χ2n) is 6.71. The van der Waals surface area contributed by atoms with Crippen LogP contribution in [0.4, 0.5) is 11.4 Å². The average Bonchev–Trinajstić information content (AvgIpc) is 3.18. The zero-order chi connectivity index (χ0) is 19.8. The number of hydrogen-bond acceptors (Lipinski definition) is 6. The van der Waals surface area contributed by atoms with Gasteiger partial charge in [-0.25, -0.2) is 4.68 Å². The molecule has 1 aliphatic rings. The van der Waals surface area contributed by atoms with Crippen LogP contribution in [0.2, 0.25) is 0 Å². The molecule has 3 rings (SSSR count). The first-order valence-electron chi connectivity index (χ1n) is 9.99. The Hall–Kier alpha value is -2.45. The molecule has 152 valence electrons. The molecular formula is C20H29N5O3. The number of carbonyl (C=O) groups is 1. The maximum absolute atomic E-state index is 12.5. The SMILES string of the molecule is CCOC(Cn1cc(C(=O)Nc2ccc(N3CCCCC3)cc2)nn1)OCC. The van der Waals surface area contributed by atoms with Gasteiger partial charge in [0.1, 0.15) is 0 Å². The van der Waals surface area contributed by atoms with Gasteiger partial charge in [-0.1, -0.05) is 5.21 Å². The van der Waals surface area contributed by atoms with E-state index >= 15 is 0 Å². The highest BCUT2D eigenvalue weighted by Crippen LogP contribution is 2.22. The van der Waals surface area contributed by atoms with Crippen molar-refractivity contribution in [1.29, 1.82) is 0 Å². The molecule has 1 aromatic carbocycles. The number of rotatable bonds is 9. The Morgan fingerprint density at radius 1 is 1.11 bits per heavy atom. The second-order valence-corrected chi connectivity index (χ2v) is 6.71. The van der Waals surface area contributed by atoms with Crippen molar-refractivity contribution in [3.63, 3.8) is 0 Å². The van der Waals surface area contributed by atoms with E-state index in [2.05, 4.69) is 20.5 Å². The smallest absolute Gasteiger partial charge is 0.277 e. The number of carbonyl (C=O) groups excluding carboxylic acids is 1. The number of hydrogen-bond donors (Lipinski definition) is 1. The van der Waals surface area contributed by atoms with Crippen LogP contribution < -0.4 is 10.2 Å². The molecule has 8 heteroatoms. The van der Waals surface area contributed by atoms with E-state index in [1.165, 1.54) is 24.9 Å². The first-order chi connectivity index (χ1) is 13.7. The van der Waals surface area contributed by atoms with Crippen LogP contribution in [0.5, 0.6) is 0 Å². The molecule has 1 aliphatic heterocycles. The molecule has 0 atom stereocenters. The highest BCUT2D eigenvalue weighted by molar-refractivity contribution is 6.02. The maximum Gasteiger partial charge on any atom is 0.277 e. The van der Waals surface area contributed by atoms with E-state index in [-0.39, 0.29) is 11.6 Å². The molecular weight excluding hydrogens is 358 g/mol. The molecule has 1 amide bonds. The van der Waals surface area contributed by atoms with Crippen LogP contribution in [0, 0.1) is 0 Å². The lowest BCUT2D eigenvalue weighted by atomic mass is 10.1. The minimum absolute atomic E-state index is 0.256. The normalized spacial score (nSPS) is 14.5. The Morgan fingerprint density at radius 3 is 2.43 bits per heavy atom. The fraction of sp³-hybridized carbons (Fsp3) is 0.550. The summed E-state index contributed by atoms with van der Waals surface area (Å²) in [6.45, 7) is 7.47. The van der Waals surface area contributed by atoms with Gasteiger partial charge in [-0.3, -0.25) is 4.79 Å². The molecule has 0 bridgehead atoms. The van der Waals surface area contributed by atoms with Crippen LogP contribution in [0.15, 0.2) is 30.5 Å². The number of piperidine rings is 1. The van der Waals surface area contributed by atoms with Crippen LogP contribution in [0.25, 0.3) is 0 Å². The lowest BCUT2D eigenvalue weighted by Gasteiger charge is -2.28. The van der Waals surface area contributed by atoms with Crippen molar-refractivity contribution in [1.82, 2.24) is 15.0 Å². The van der Waals surface area contributed by atoms with Gasteiger partial charge in [0.15, 0.2) is 12.0 Å². The Balaban J connectivity index is 1.56. The fourth-order valence-electron chi connectivity index (χ4n) is 3.27. The van der Waals surface area contributed by atoms with E-state index in [0.29, 0.717) is 19.8 Å². The molecule has 0 spiro atoms. The van der Waals surface area contributed by atoms with Crippen molar-refractivity contribution >= 4 is 17.3 Å². The van der Waals surface area contributed by atoms with Crippen LogP contribution in [-0.4, -0.2) is 53.5 Å². The summed E-state index contributed by atoms with van der Waals surface area (Å²) in [4.78, 5) is 14.8. The third kappa shape index (κ3) is 5.53. The van der Waals surface area contributed by atoms with Gasteiger partial charge in [-0.2, -0.15) is 0 Å². The van der Waals surface area contributed by atoms with Crippen LogP contribution in [0.3, 0.4) is 0 Å². The monoisotopic (exact) mass is 387 g/mol. The van der Waals surface area contributed by atoms with Gasteiger partial charge < -0.3 is 19.7 Å². The van der Waals surface area contributed by atoms with Gasteiger partial charge >= 0.3 is 0 Å². The van der Waals surface area contributed by atoms with Gasteiger partial charge in [-0.05, 0) is 57.4 Å². The molecule has 0 aliphatic carbocycles. The van der Waals surface area contributed by atoms with Crippen molar-refractivity contribution in [2.75, 3.05) is 36.5 Å². The molecule has 0 unspecified atom stereocenters. The number of nitrogens with zero attached hydrogens (tertiary/aromatic N) is 4. The standard InChI is InChI=1S/C20H29N5O3/c1-3-27-19(28-4-2)15-25-14-18(22-23-25)20(26)21-16-8-10-17(11-9-16)24-12-6-5-7-13-24/h8-11,14,19H,3-7,12-13,15H2,1-2H3,(H,21,26). The Bertz CT molecular complexity index is 735. The number of amides is 1. The van der Waals surface area contributed by atoms with Crippen molar-refractivity contribution in [2.24, 2.45) is 0 Å². The fourth-order valence-corrected chi connectivity index (χ4v) is 3.27. The summed E-state index contributed by atoms with van der Waals surface area (Å²) in [6.07, 6.45) is 4.97. The molecule has 1 saturated heterocycles. The quantitative estimate of drug-likeness (QED) is 0.666.